The summed E-state index contributed by atoms with van der Waals surface area (Å²) in [7, 11) is -2.70. The molecule has 0 saturated carbocycles. The molecular weight excluding hydrogens is 562 g/mol. The zero-order chi connectivity index (χ0) is 30.2. The van der Waals surface area contributed by atoms with E-state index in [1.54, 1.807) is 36.4 Å². The predicted molar refractivity (Wildman–Crippen MR) is 163 cm³/mol. The minimum absolute atomic E-state index is 0.00643. The second-order valence-corrected chi connectivity index (χ2v) is 12.2. The maximum Gasteiger partial charge on any atom is 0.264 e. The van der Waals surface area contributed by atoms with E-state index in [2.05, 4.69) is 5.32 Å². The lowest BCUT2D eigenvalue weighted by atomic mass is 10.1. The lowest BCUT2D eigenvalue weighted by Gasteiger charge is -2.34. The van der Waals surface area contributed by atoms with Crippen molar-refractivity contribution < 1.29 is 22.7 Å². The molecular formula is C31H38ClN3O5S. The molecule has 0 aliphatic carbocycles. The molecule has 0 unspecified atom stereocenters. The van der Waals surface area contributed by atoms with Gasteiger partial charge in [-0.2, -0.15) is 0 Å². The number of nitrogens with one attached hydrogen (secondary N) is 1. The topological polar surface area (TPSA) is 96.0 Å². The molecule has 0 heterocycles. The molecule has 0 aliphatic heterocycles. The minimum atomic E-state index is -4.19. The number of benzene rings is 3. The van der Waals surface area contributed by atoms with Crippen LogP contribution < -0.4 is 14.4 Å². The summed E-state index contributed by atoms with van der Waals surface area (Å²) in [6.07, 6.45) is 1.09. The monoisotopic (exact) mass is 599 g/mol. The second kappa shape index (κ2) is 14.4. The molecule has 0 aromatic heterocycles. The van der Waals surface area contributed by atoms with E-state index in [-0.39, 0.29) is 29.1 Å². The van der Waals surface area contributed by atoms with Gasteiger partial charge in [-0.3, -0.25) is 13.9 Å². The zero-order valence-corrected chi connectivity index (χ0v) is 25.7. The number of carbonyl (C=O) groups is 2. The minimum Gasteiger partial charge on any atom is -0.497 e. The molecule has 0 radical (unpaired) electrons. The normalized spacial score (nSPS) is 12.7. The number of hydrogen-bond donors (Lipinski definition) is 1. The number of aryl methyl sites for hydroxylation is 1. The van der Waals surface area contributed by atoms with Crippen molar-refractivity contribution in [2.75, 3.05) is 18.0 Å². The molecule has 3 aromatic carbocycles. The highest BCUT2D eigenvalue weighted by Gasteiger charge is 2.34. The number of methoxy groups -OCH3 is 1. The van der Waals surface area contributed by atoms with E-state index in [0.29, 0.717) is 17.2 Å². The Hall–Kier alpha value is -3.56. The molecule has 3 aromatic rings. The Morgan fingerprint density at radius 2 is 1.59 bits per heavy atom. The average molecular weight is 600 g/mol. The van der Waals surface area contributed by atoms with Gasteiger partial charge in [-0.05, 0) is 86.3 Å². The summed E-state index contributed by atoms with van der Waals surface area (Å²) in [5.41, 5.74) is 2.10. The van der Waals surface area contributed by atoms with E-state index in [4.69, 9.17) is 16.3 Å². The number of sulfonamides is 1. The van der Waals surface area contributed by atoms with Crippen LogP contribution in [0.2, 0.25) is 5.02 Å². The standard InChI is InChI=1S/C31H38ClN3O5S/c1-6-23(4)33-31(37)29(7-2)34(20-24-11-9-8-10-22(24)3)30(36)21-35(26-14-12-25(32)13-15-26)41(38,39)28-18-16-27(40-5)17-19-28/h8-19,23,29H,6-7,20-21H2,1-5H3,(H,33,37)/t23-,29-/m1/s1. The predicted octanol–water partition coefficient (Wildman–Crippen LogP) is 5.57. The number of anilines is 1. The first-order valence-electron chi connectivity index (χ1n) is 13.6. The van der Waals surface area contributed by atoms with Gasteiger partial charge in [0.25, 0.3) is 10.0 Å². The SMILES string of the molecule is CC[C@@H](C)NC(=O)[C@@H](CC)N(Cc1ccccc1C)C(=O)CN(c1ccc(Cl)cc1)S(=O)(=O)c1ccc(OC)cc1. The van der Waals surface area contributed by atoms with Crippen LogP contribution in [0, 0.1) is 6.92 Å². The van der Waals surface area contributed by atoms with Crippen molar-refractivity contribution in [2.45, 2.75) is 64.1 Å². The van der Waals surface area contributed by atoms with Gasteiger partial charge >= 0.3 is 0 Å². The third-order valence-corrected chi connectivity index (χ3v) is 9.07. The fraction of sp³-hybridized carbons (Fsp3) is 0.355. The van der Waals surface area contributed by atoms with Gasteiger partial charge in [0.1, 0.15) is 18.3 Å². The first-order valence-corrected chi connectivity index (χ1v) is 15.4. The van der Waals surface area contributed by atoms with Crippen molar-refractivity contribution in [3.63, 3.8) is 0 Å². The largest absolute Gasteiger partial charge is 0.497 e. The Morgan fingerprint density at radius 1 is 0.951 bits per heavy atom. The zero-order valence-electron chi connectivity index (χ0n) is 24.1. The van der Waals surface area contributed by atoms with E-state index in [1.807, 2.05) is 52.0 Å². The second-order valence-electron chi connectivity index (χ2n) is 9.85. The summed E-state index contributed by atoms with van der Waals surface area (Å²) in [6.45, 7) is 7.28. The van der Waals surface area contributed by atoms with Crippen LogP contribution in [0.25, 0.3) is 0 Å². The summed E-state index contributed by atoms with van der Waals surface area (Å²) in [4.78, 5) is 29.0. The van der Waals surface area contributed by atoms with E-state index in [0.717, 1.165) is 21.9 Å². The third-order valence-electron chi connectivity index (χ3n) is 7.03. The highest BCUT2D eigenvalue weighted by Crippen LogP contribution is 2.27. The molecule has 2 amide bonds. The van der Waals surface area contributed by atoms with Gasteiger partial charge in [0.15, 0.2) is 0 Å². The summed E-state index contributed by atoms with van der Waals surface area (Å²) < 4.78 is 34.1. The molecule has 0 fully saturated rings. The first kappa shape index (κ1) is 32.0. The average Bonchev–Trinajstić information content (AvgIpc) is 2.97. The highest BCUT2D eigenvalue weighted by atomic mass is 35.5. The molecule has 0 saturated heterocycles. The van der Waals surface area contributed by atoms with Gasteiger partial charge in [-0.25, -0.2) is 8.42 Å². The van der Waals surface area contributed by atoms with Crippen LogP contribution in [0.5, 0.6) is 5.75 Å². The molecule has 220 valence electrons. The van der Waals surface area contributed by atoms with Crippen molar-refractivity contribution in [1.82, 2.24) is 10.2 Å². The number of nitrogens with zero attached hydrogens (tertiary/aromatic N) is 2. The van der Waals surface area contributed by atoms with Crippen molar-refractivity contribution in [3.8, 4) is 5.75 Å². The highest BCUT2D eigenvalue weighted by molar-refractivity contribution is 7.92. The molecule has 1 N–H and O–H groups in total. The molecule has 0 bridgehead atoms. The molecule has 2 atom stereocenters. The summed E-state index contributed by atoms with van der Waals surface area (Å²) in [6, 6.07) is 18.9. The fourth-order valence-corrected chi connectivity index (χ4v) is 5.88. The smallest absolute Gasteiger partial charge is 0.264 e. The number of hydrogen-bond acceptors (Lipinski definition) is 5. The van der Waals surface area contributed by atoms with Gasteiger partial charge in [-0.15, -0.1) is 0 Å². The molecule has 8 nitrogen and oxygen atoms in total. The quantitative estimate of drug-likeness (QED) is 0.277. The van der Waals surface area contributed by atoms with Crippen molar-refractivity contribution in [2.24, 2.45) is 0 Å². The van der Waals surface area contributed by atoms with Crippen molar-refractivity contribution in [1.29, 1.82) is 0 Å². The maximum atomic E-state index is 14.1. The van der Waals surface area contributed by atoms with Crippen LogP contribution in [-0.2, 0) is 26.2 Å². The van der Waals surface area contributed by atoms with Crippen molar-refractivity contribution in [3.05, 3.63) is 88.9 Å². The maximum absolute atomic E-state index is 14.1. The van der Waals surface area contributed by atoms with E-state index in [1.165, 1.54) is 24.1 Å². The molecule has 0 spiro atoms. The molecule has 10 heteroatoms. The Labute approximate surface area is 248 Å². The lowest BCUT2D eigenvalue weighted by molar-refractivity contribution is -0.140. The van der Waals surface area contributed by atoms with Crippen LogP contribution in [0.1, 0.15) is 44.7 Å². The number of ether oxygens (including phenoxy) is 1. The van der Waals surface area contributed by atoms with Crippen LogP contribution in [0.3, 0.4) is 0 Å². The van der Waals surface area contributed by atoms with E-state index < -0.39 is 28.5 Å². The van der Waals surface area contributed by atoms with Gasteiger partial charge < -0.3 is 15.0 Å². The van der Waals surface area contributed by atoms with Gasteiger partial charge in [0.05, 0.1) is 17.7 Å². The Kier molecular flexibility index (Phi) is 11.2. The number of amides is 2. The van der Waals surface area contributed by atoms with Crippen LogP contribution in [0.4, 0.5) is 5.69 Å². The van der Waals surface area contributed by atoms with Crippen LogP contribution >= 0.6 is 11.6 Å². The van der Waals surface area contributed by atoms with Crippen LogP contribution in [-0.4, -0.2) is 50.9 Å². The number of carbonyl (C=O) groups excluding carboxylic acids is 2. The molecule has 0 aliphatic rings. The van der Waals surface area contributed by atoms with E-state index >= 15 is 0 Å². The molecule has 3 rings (SSSR count). The summed E-state index contributed by atoms with van der Waals surface area (Å²) in [5.74, 6) is -0.285. The number of rotatable bonds is 13. The summed E-state index contributed by atoms with van der Waals surface area (Å²) >= 11 is 6.09. The number of halogens is 1. The Balaban J connectivity index is 2.06. The van der Waals surface area contributed by atoms with Gasteiger partial charge in [0.2, 0.25) is 11.8 Å². The third kappa shape index (κ3) is 8.01. The summed E-state index contributed by atoms with van der Waals surface area (Å²) in [5, 5.41) is 3.41. The van der Waals surface area contributed by atoms with Crippen molar-refractivity contribution >= 4 is 39.1 Å². The fourth-order valence-electron chi connectivity index (χ4n) is 4.34. The molecule has 41 heavy (non-hydrogen) atoms. The van der Waals surface area contributed by atoms with Crippen LogP contribution in [0.15, 0.2) is 77.7 Å². The van der Waals surface area contributed by atoms with E-state index in [9.17, 15) is 18.0 Å². The Morgan fingerprint density at radius 3 is 2.15 bits per heavy atom. The van der Waals surface area contributed by atoms with Gasteiger partial charge in [0, 0.05) is 17.6 Å². The lowest BCUT2D eigenvalue weighted by Crippen LogP contribution is -2.53. The van der Waals surface area contributed by atoms with Gasteiger partial charge in [-0.1, -0.05) is 49.7 Å². The first-order chi connectivity index (χ1) is 19.5. The Bertz CT molecular complexity index is 1430.